The highest BCUT2D eigenvalue weighted by Gasteiger charge is 2.26. The predicted octanol–water partition coefficient (Wildman–Crippen LogP) is 5.19. The molecule has 5 nitrogen and oxygen atoms in total. The first kappa shape index (κ1) is 22.7. The smallest absolute Gasteiger partial charge is 0.192 e. The molecular weight excluding hydrogens is 416 g/mol. The highest BCUT2D eigenvalue weighted by molar-refractivity contribution is 8.00. The first-order valence-electron chi connectivity index (χ1n) is 11.4. The molecule has 1 heterocycles. The first-order valence-corrected chi connectivity index (χ1v) is 12.3. The van der Waals surface area contributed by atoms with E-state index in [1.54, 1.807) is 0 Å². The largest absolute Gasteiger partial charge is 0.300 e. The summed E-state index contributed by atoms with van der Waals surface area (Å²) in [5.74, 6) is 1.10. The predicted molar refractivity (Wildman–Crippen MR) is 130 cm³/mol. The van der Waals surface area contributed by atoms with Crippen molar-refractivity contribution in [3.8, 4) is 0 Å². The zero-order chi connectivity index (χ0) is 22.7. The van der Waals surface area contributed by atoms with Gasteiger partial charge < -0.3 is 4.57 Å². The maximum atomic E-state index is 13.2. The summed E-state index contributed by atoms with van der Waals surface area (Å²) in [7, 11) is 4.14. The Balaban J connectivity index is 1.60. The first-order chi connectivity index (χ1) is 15.5. The summed E-state index contributed by atoms with van der Waals surface area (Å²) < 4.78 is 2.18. The van der Waals surface area contributed by atoms with E-state index in [0.717, 1.165) is 35.8 Å². The Bertz CT molecular complexity index is 1080. The third-order valence-electron chi connectivity index (χ3n) is 6.27. The Morgan fingerprint density at radius 3 is 2.56 bits per heavy atom. The van der Waals surface area contributed by atoms with Gasteiger partial charge in [0.2, 0.25) is 0 Å². The van der Waals surface area contributed by atoms with Crippen molar-refractivity contribution in [2.75, 3.05) is 14.1 Å². The number of carbonyl (C=O) groups is 1. The van der Waals surface area contributed by atoms with Gasteiger partial charge in [-0.15, -0.1) is 10.2 Å². The van der Waals surface area contributed by atoms with Crippen LogP contribution in [0.4, 0.5) is 0 Å². The molecule has 168 valence electrons. The number of carbonyl (C=O) groups excluding carboxylic acids is 1. The molecule has 6 heteroatoms. The molecule has 32 heavy (non-hydrogen) atoms. The maximum absolute atomic E-state index is 13.2. The number of aromatic nitrogens is 3. The molecule has 1 aliphatic carbocycles. The van der Waals surface area contributed by atoms with Crippen molar-refractivity contribution in [2.45, 2.75) is 62.5 Å². The fourth-order valence-corrected chi connectivity index (χ4v) is 5.43. The van der Waals surface area contributed by atoms with Crippen molar-refractivity contribution in [1.29, 1.82) is 0 Å². The van der Waals surface area contributed by atoms with Crippen molar-refractivity contribution in [2.24, 2.45) is 0 Å². The number of Topliss-reactive ketones (excluding diaryl/α,β-unsaturated/α-hetero) is 1. The van der Waals surface area contributed by atoms with Gasteiger partial charge in [-0.1, -0.05) is 61.2 Å². The molecule has 0 radical (unpaired) electrons. The number of aryl methyl sites for hydroxylation is 2. The van der Waals surface area contributed by atoms with Crippen LogP contribution in [0.15, 0.2) is 53.7 Å². The topological polar surface area (TPSA) is 51.0 Å². The lowest BCUT2D eigenvalue weighted by Crippen LogP contribution is -2.23. The van der Waals surface area contributed by atoms with E-state index < -0.39 is 0 Å². The Morgan fingerprint density at radius 1 is 1.09 bits per heavy atom. The van der Waals surface area contributed by atoms with Gasteiger partial charge in [0.25, 0.3) is 0 Å². The normalized spacial score (nSPS) is 15.0. The number of thioether (sulfide) groups is 1. The van der Waals surface area contributed by atoms with E-state index in [1.807, 2.05) is 19.1 Å². The van der Waals surface area contributed by atoms with Crippen molar-refractivity contribution in [1.82, 2.24) is 19.7 Å². The highest BCUT2D eigenvalue weighted by atomic mass is 32.2. The van der Waals surface area contributed by atoms with Gasteiger partial charge in [-0.25, -0.2) is 0 Å². The van der Waals surface area contributed by atoms with Gasteiger partial charge in [0.1, 0.15) is 0 Å². The van der Waals surface area contributed by atoms with Crippen molar-refractivity contribution >= 4 is 17.5 Å². The molecule has 0 saturated carbocycles. The molecule has 0 amide bonds. The molecule has 1 aliphatic rings. The molecule has 0 N–H and O–H groups in total. The van der Waals surface area contributed by atoms with Gasteiger partial charge in [0.15, 0.2) is 16.8 Å². The second-order valence-electron chi connectivity index (χ2n) is 8.76. The van der Waals surface area contributed by atoms with Crippen LogP contribution < -0.4 is 0 Å². The summed E-state index contributed by atoms with van der Waals surface area (Å²) in [6.07, 6.45) is 4.33. The van der Waals surface area contributed by atoms with Crippen molar-refractivity contribution in [3.05, 3.63) is 76.6 Å². The van der Waals surface area contributed by atoms with Crippen molar-refractivity contribution < 1.29 is 4.79 Å². The minimum Gasteiger partial charge on any atom is -0.300 e. The highest BCUT2D eigenvalue weighted by Crippen LogP contribution is 2.30. The third kappa shape index (κ3) is 4.81. The Morgan fingerprint density at radius 2 is 1.84 bits per heavy atom. The average Bonchev–Trinajstić information content (AvgIpc) is 3.41. The summed E-state index contributed by atoms with van der Waals surface area (Å²) in [5, 5.41) is 9.67. The van der Waals surface area contributed by atoms with Crippen molar-refractivity contribution in [3.63, 3.8) is 0 Å². The number of benzene rings is 2. The van der Waals surface area contributed by atoms with Gasteiger partial charge in [0, 0.05) is 5.56 Å². The molecule has 0 spiro atoms. The van der Waals surface area contributed by atoms with Crippen LogP contribution in [0.1, 0.15) is 65.6 Å². The lowest BCUT2D eigenvalue weighted by Gasteiger charge is -2.23. The summed E-state index contributed by atoms with van der Waals surface area (Å²) in [5.41, 5.74) is 4.73. The van der Waals surface area contributed by atoms with E-state index >= 15 is 0 Å². The lowest BCUT2D eigenvalue weighted by atomic mass is 10.0. The second kappa shape index (κ2) is 10.0. The monoisotopic (exact) mass is 448 g/mol. The van der Waals surface area contributed by atoms with Crippen LogP contribution in [0.25, 0.3) is 0 Å². The summed E-state index contributed by atoms with van der Waals surface area (Å²) in [4.78, 5) is 15.4. The zero-order valence-corrected chi connectivity index (χ0v) is 20.2. The number of ketones is 1. The molecule has 0 unspecified atom stereocenters. The van der Waals surface area contributed by atoms with Crippen LogP contribution in [0, 0.1) is 0 Å². The van der Waals surface area contributed by atoms with Crippen LogP contribution in [0.5, 0.6) is 0 Å². The van der Waals surface area contributed by atoms with Gasteiger partial charge in [-0.3, -0.25) is 9.69 Å². The fraction of sp³-hybridized carbons (Fsp3) is 0.423. The van der Waals surface area contributed by atoms with Gasteiger partial charge >= 0.3 is 0 Å². The number of fused-ring (bicyclic) bond motifs is 1. The molecule has 2 aromatic carbocycles. The number of rotatable bonds is 9. The zero-order valence-electron chi connectivity index (χ0n) is 19.4. The molecule has 3 aromatic rings. The van der Waals surface area contributed by atoms with E-state index in [-0.39, 0.29) is 17.1 Å². The van der Waals surface area contributed by atoms with E-state index in [1.165, 1.54) is 34.9 Å². The number of hydrogen-bond donors (Lipinski definition) is 0. The van der Waals surface area contributed by atoms with E-state index in [4.69, 9.17) is 0 Å². The molecule has 0 aliphatic heterocycles. The van der Waals surface area contributed by atoms with Crippen LogP contribution in [-0.4, -0.2) is 44.8 Å². The molecule has 4 rings (SSSR count). The second-order valence-corrected chi connectivity index (χ2v) is 10.1. The summed E-state index contributed by atoms with van der Waals surface area (Å²) in [6, 6.07) is 16.8. The number of nitrogens with zero attached hydrogens (tertiary/aromatic N) is 4. The maximum Gasteiger partial charge on any atom is 0.192 e. The summed E-state index contributed by atoms with van der Waals surface area (Å²) >= 11 is 1.51. The summed E-state index contributed by atoms with van der Waals surface area (Å²) in [6.45, 7) is 4.83. The van der Waals surface area contributed by atoms with Crippen LogP contribution in [0.3, 0.4) is 0 Å². The molecule has 1 aromatic heterocycles. The minimum absolute atomic E-state index is 0.153. The van der Waals surface area contributed by atoms with E-state index in [2.05, 4.69) is 77.1 Å². The van der Waals surface area contributed by atoms with Gasteiger partial charge in [-0.05, 0) is 69.5 Å². The Labute approximate surface area is 195 Å². The molecule has 0 saturated heterocycles. The van der Waals surface area contributed by atoms with E-state index in [9.17, 15) is 4.79 Å². The Kier molecular flexibility index (Phi) is 7.11. The van der Waals surface area contributed by atoms with Crippen LogP contribution >= 0.6 is 11.8 Å². The molecular formula is C26H32N4OS. The molecule has 0 bridgehead atoms. The molecule has 2 atom stereocenters. The average molecular weight is 449 g/mol. The fourth-order valence-electron chi connectivity index (χ4n) is 4.50. The number of hydrogen-bond acceptors (Lipinski definition) is 5. The molecule has 0 fully saturated rings. The Hall–Kier alpha value is -2.44. The van der Waals surface area contributed by atoms with E-state index in [0.29, 0.717) is 6.54 Å². The van der Waals surface area contributed by atoms with Crippen LogP contribution in [0.2, 0.25) is 0 Å². The minimum atomic E-state index is -0.236. The standard InChI is InChI=1S/C26H32N4OS/c1-5-23(29(3)4)25-27-28-26(30(25)17-19-10-7-6-8-11-19)32-18(2)24(31)22-15-14-20-12-9-13-21(20)16-22/h6-8,10-11,14-16,18,23H,5,9,12-13,17H2,1-4H3/t18-,23-/m0/s1. The van der Waals surface area contributed by atoms with Crippen LogP contribution in [-0.2, 0) is 19.4 Å². The quantitative estimate of drug-likeness (QED) is 0.333. The third-order valence-corrected chi connectivity index (χ3v) is 7.35. The van der Waals surface area contributed by atoms with Gasteiger partial charge in [0.05, 0.1) is 17.8 Å². The lowest BCUT2D eigenvalue weighted by molar-refractivity contribution is 0.0993. The SMILES string of the molecule is CC[C@@H](c1nnc(S[C@@H](C)C(=O)c2ccc3c(c2)CCC3)n1Cc1ccccc1)N(C)C. The van der Waals surface area contributed by atoms with Gasteiger partial charge in [-0.2, -0.15) is 0 Å².